The molecule has 2 N–H and O–H groups in total. The van der Waals surface area contributed by atoms with E-state index in [-0.39, 0.29) is 11.7 Å². The fourth-order valence-corrected chi connectivity index (χ4v) is 1.86. The average Bonchev–Trinajstić information content (AvgIpc) is 2.91. The van der Waals surface area contributed by atoms with E-state index in [1.165, 1.54) is 12.1 Å². The molecule has 1 aromatic carbocycles. The Hall–Kier alpha value is -2.76. The molecular formula is C14H11FN4O. The minimum absolute atomic E-state index is 0.210. The maximum Gasteiger partial charge on any atom is 0.278 e. The molecular weight excluding hydrogens is 259 g/mol. The third-order valence-electron chi connectivity index (χ3n) is 2.91. The Morgan fingerprint density at radius 2 is 2.10 bits per heavy atom. The van der Waals surface area contributed by atoms with Gasteiger partial charge in [0.05, 0.1) is 5.69 Å². The lowest BCUT2D eigenvalue weighted by molar-refractivity contribution is 0.431. The van der Waals surface area contributed by atoms with Crippen LogP contribution in [0.2, 0.25) is 0 Å². The SMILES string of the molecule is Cc1ccc(F)cc1-c1noc(-c2ncccc2N)n1. The Morgan fingerprint density at radius 1 is 1.25 bits per heavy atom. The summed E-state index contributed by atoms with van der Waals surface area (Å²) in [5, 5.41) is 3.86. The van der Waals surface area contributed by atoms with E-state index in [1.54, 1.807) is 24.4 Å². The summed E-state index contributed by atoms with van der Waals surface area (Å²) < 4.78 is 18.5. The molecule has 6 heteroatoms. The maximum atomic E-state index is 13.3. The zero-order chi connectivity index (χ0) is 14.1. The van der Waals surface area contributed by atoms with Crippen LogP contribution in [0.15, 0.2) is 41.1 Å². The lowest BCUT2D eigenvalue weighted by atomic mass is 10.1. The molecule has 0 aliphatic heterocycles. The first kappa shape index (κ1) is 12.3. The van der Waals surface area contributed by atoms with Crippen molar-refractivity contribution in [2.24, 2.45) is 0 Å². The molecule has 3 aromatic rings. The quantitative estimate of drug-likeness (QED) is 0.774. The molecule has 0 aliphatic rings. The van der Waals surface area contributed by atoms with E-state index in [9.17, 15) is 4.39 Å². The van der Waals surface area contributed by atoms with Crippen molar-refractivity contribution < 1.29 is 8.91 Å². The standard InChI is InChI=1S/C14H11FN4O/c1-8-4-5-9(15)7-10(8)13-18-14(20-19-13)12-11(16)3-2-6-17-12/h2-7H,16H2,1H3. The topological polar surface area (TPSA) is 77.8 Å². The number of nitrogens with two attached hydrogens (primary N) is 1. The predicted octanol–water partition coefficient (Wildman–Crippen LogP) is 2.83. The molecule has 2 aromatic heterocycles. The molecule has 0 saturated heterocycles. The zero-order valence-electron chi connectivity index (χ0n) is 10.7. The fraction of sp³-hybridized carbons (Fsp3) is 0.0714. The van der Waals surface area contributed by atoms with Crippen molar-refractivity contribution in [3.8, 4) is 23.0 Å². The molecule has 2 heterocycles. The molecule has 0 saturated carbocycles. The predicted molar refractivity (Wildman–Crippen MR) is 72.1 cm³/mol. The second-order valence-corrected chi connectivity index (χ2v) is 4.32. The van der Waals surface area contributed by atoms with Crippen molar-refractivity contribution in [3.05, 3.63) is 47.9 Å². The number of nitrogens with zero attached hydrogens (tertiary/aromatic N) is 3. The Morgan fingerprint density at radius 3 is 2.90 bits per heavy atom. The van der Waals surface area contributed by atoms with Crippen LogP contribution in [0.25, 0.3) is 23.0 Å². The molecule has 0 spiro atoms. The van der Waals surface area contributed by atoms with Crippen molar-refractivity contribution in [3.63, 3.8) is 0 Å². The maximum absolute atomic E-state index is 13.3. The van der Waals surface area contributed by atoms with E-state index in [0.717, 1.165) is 5.56 Å². The van der Waals surface area contributed by atoms with Gasteiger partial charge in [0.15, 0.2) is 5.69 Å². The van der Waals surface area contributed by atoms with Crippen LogP contribution in [-0.2, 0) is 0 Å². The van der Waals surface area contributed by atoms with Crippen LogP contribution in [0, 0.1) is 12.7 Å². The summed E-state index contributed by atoms with van der Waals surface area (Å²) in [6.07, 6.45) is 1.59. The van der Waals surface area contributed by atoms with Gasteiger partial charge in [0.25, 0.3) is 5.89 Å². The number of rotatable bonds is 2. The van der Waals surface area contributed by atoms with Crippen LogP contribution < -0.4 is 5.73 Å². The molecule has 0 amide bonds. The van der Waals surface area contributed by atoms with E-state index < -0.39 is 0 Å². The van der Waals surface area contributed by atoms with Crippen molar-refractivity contribution in [1.82, 2.24) is 15.1 Å². The van der Waals surface area contributed by atoms with Gasteiger partial charge in [-0.2, -0.15) is 4.98 Å². The van der Waals surface area contributed by atoms with Gasteiger partial charge < -0.3 is 10.3 Å². The highest BCUT2D eigenvalue weighted by Gasteiger charge is 2.15. The minimum Gasteiger partial charge on any atom is -0.397 e. The van der Waals surface area contributed by atoms with Gasteiger partial charge in [-0.3, -0.25) is 0 Å². The molecule has 0 unspecified atom stereocenters. The van der Waals surface area contributed by atoms with Crippen molar-refractivity contribution in [1.29, 1.82) is 0 Å². The lowest BCUT2D eigenvalue weighted by Gasteiger charge is -2.00. The van der Waals surface area contributed by atoms with Gasteiger partial charge in [0, 0.05) is 11.8 Å². The van der Waals surface area contributed by atoms with Crippen LogP contribution >= 0.6 is 0 Å². The Balaban J connectivity index is 2.07. The molecule has 0 radical (unpaired) electrons. The third kappa shape index (κ3) is 2.11. The summed E-state index contributed by atoms with van der Waals surface area (Å²) in [6.45, 7) is 1.85. The highest BCUT2D eigenvalue weighted by atomic mass is 19.1. The second-order valence-electron chi connectivity index (χ2n) is 4.32. The summed E-state index contributed by atoms with van der Waals surface area (Å²) in [5.74, 6) is 0.165. The first-order valence-electron chi connectivity index (χ1n) is 5.96. The zero-order valence-corrected chi connectivity index (χ0v) is 10.7. The highest BCUT2D eigenvalue weighted by molar-refractivity contribution is 5.68. The van der Waals surface area contributed by atoms with Gasteiger partial charge in [-0.15, -0.1) is 0 Å². The summed E-state index contributed by atoms with van der Waals surface area (Å²) >= 11 is 0. The number of aromatic nitrogens is 3. The van der Waals surface area contributed by atoms with Gasteiger partial charge >= 0.3 is 0 Å². The van der Waals surface area contributed by atoms with Crippen LogP contribution in [0.1, 0.15) is 5.56 Å². The molecule has 5 nitrogen and oxygen atoms in total. The average molecular weight is 270 g/mol. The van der Waals surface area contributed by atoms with Gasteiger partial charge in [-0.1, -0.05) is 11.2 Å². The smallest absolute Gasteiger partial charge is 0.278 e. The van der Waals surface area contributed by atoms with Gasteiger partial charge in [-0.05, 0) is 36.8 Å². The number of halogens is 1. The summed E-state index contributed by atoms with van der Waals surface area (Å²) in [4.78, 5) is 8.33. The minimum atomic E-state index is -0.352. The summed E-state index contributed by atoms with van der Waals surface area (Å²) in [5.41, 5.74) is 8.10. The molecule has 20 heavy (non-hydrogen) atoms. The number of aryl methyl sites for hydroxylation is 1. The molecule has 0 aliphatic carbocycles. The van der Waals surface area contributed by atoms with E-state index in [4.69, 9.17) is 10.3 Å². The molecule has 3 rings (SSSR count). The van der Waals surface area contributed by atoms with E-state index in [1.807, 2.05) is 6.92 Å². The number of anilines is 1. The van der Waals surface area contributed by atoms with Crippen LogP contribution in [0.4, 0.5) is 10.1 Å². The van der Waals surface area contributed by atoms with Crippen molar-refractivity contribution >= 4 is 5.69 Å². The monoisotopic (exact) mass is 270 g/mol. The van der Waals surface area contributed by atoms with Gasteiger partial charge in [-0.25, -0.2) is 9.37 Å². The number of nitrogen functional groups attached to an aromatic ring is 1. The van der Waals surface area contributed by atoms with Crippen molar-refractivity contribution in [2.45, 2.75) is 6.92 Å². The number of benzene rings is 1. The molecule has 0 atom stereocenters. The largest absolute Gasteiger partial charge is 0.397 e. The number of pyridine rings is 1. The van der Waals surface area contributed by atoms with Crippen molar-refractivity contribution in [2.75, 3.05) is 5.73 Å². The first-order valence-corrected chi connectivity index (χ1v) is 5.96. The normalized spacial score (nSPS) is 10.7. The summed E-state index contributed by atoms with van der Waals surface area (Å²) in [7, 11) is 0. The second kappa shape index (κ2) is 4.73. The van der Waals surface area contributed by atoms with E-state index >= 15 is 0 Å². The molecule has 100 valence electrons. The van der Waals surface area contributed by atoms with E-state index in [0.29, 0.717) is 22.8 Å². The number of hydrogen-bond acceptors (Lipinski definition) is 5. The van der Waals surface area contributed by atoms with E-state index in [2.05, 4.69) is 15.1 Å². The first-order chi connectivity index (χ1) is 9.65. The third-order valence-corrected chi connectivity index (χ3v) is 2.91. The summed E-state index contributed by atoms with van der Waals surface area (Å²) in [6, 6.07) is 7.82. The van der Waals surface area contributed by atoms with Gasteiger partial charge in [0.2, 0.25) is 5.82 Å². The molecule has 0 bridgehead atoms. The molecule has 0 fully saturated rings. The van der Waals surface area contributed by atoms with Gasteiger partial charge in [0.1, 0.15) is 5.82 Å². The van der Waals surface area contributed by atoms with Crippen LogP contribution in [0.5, 0.6) is 0 Å². The fourth-order valence-electron chi connectivity index (χ4n) is 1.86. The van der Waals surface area contributed by atoms with Crippen LogP contribution in [0.3, 0.4) is 0 Å². The Bertz CT molecular complexity index is 769. The number of hydrogen-bond donors (Lipinski definition) is 1. The highest BCUT2D eigenvalue weighted by Crippen LogP contribution is 2.26. The Kier molecular flexibility index (Phi) is 2.90. The van der Waals surface area contributed by atoms with Crippen LogP contribution in [-0.4, -0.2) is 15.1 Å². The Labute approximate surface area is 114 Å². The lowest BCUT2D eigenvalue weighted by Crippen LogP contribution is -1.92.